The van der Waals surface area contributed by atoms with Crippen LogP contribution in [0.4, 0.5) is 52.7 Å². The van der Waals surface area contributed by atoms with Gasteiger partial charge in [0.2, 0.25) is 0 Å². The molecule has 0 bridgehead atoms. The van der Waals surface area contributed by atoms with Gasteiger partial charge in [0.15, 0.2) is 6.29 Å². The molecule has 0 saturated carbocycles. The predicted molar refractivity (Wildman–Crippen MR) is 106 cm³/mol. The minimum absolute atomic E-state index is 0.137. The van der Waals surface area contributed by atoms with Crippen LogP contribution in [-0.2, 0) is 18.3 Å². The van der Waals surface area contributed by atoms with Gasteiger partial charge in [-0.25, -0.2) is 0 Å². The van der Waals surface area contributed by atoms with Crippen LogP contribution < -0.4 is 0 Å². The highest BCUT2D eigenvalue weighted by molar-refractivity contribution is 6.44. The van der Waals surface area contributed by atoms with Crippen molar-refractivity contribution in [1.82, 2.24) is 0 Å². The zero-order valence-corrected chi connectivity index (χ0v) is 21.1. The third-order valence-electron chi connectivity index (χ3n) is 4.90. The van der Waals surface area contributed by atoms with E-state index < -0.39 is 76.4 Å². The van der Waals surface area contributed by atoms with Crippen molar-refractivity contribution >= 4 is 9.28 Å². The maximum absolute atomic E-state index is 14.1. The van der Waals surface area contributed by atoms with Crippen LogP contribution in [0.5, 0.6) is 0 Å². The largest absolute Gasteiger partial charge is 0.397 e. The lowest BCUT2D eigenvalue weighted by atomic mass is 9.89. The molecule has 0 aromatic heterocycles. The average Bonchev–Trinajstić information content (AvgIpc) is 2.76. The number of hydrogen-bond acceptors (Lipinski definition) is 4. The second kappa shape index (κ2) is 13.3. The molecule has 36 heavy (non-hydrogen) atoms. The Bertz CT molecular complexity index is 586. The summed E-state index contributed by atoms with van der Waals surface area (Å²) in [6.45, 7) is 4.74. The quantitative estimate of drug-likeness (QED) is 0.0976. The smallest absolute Gasteiger partial charge is 0.384 e. The van der Waals surface area contributed by atoms with Crippen LogP contribution in [0.25, 0.3) is 0 Å². The Balaban J connectivity index is 5.97. The predicted octanol–water partition coefficient (Wildman–Crippen LogP) is 6.66. The molecule has 218 valence electrons. The summed E-state index contributed by atoms with van der Waals surface area (Å²) in [5, 5.41) is 0. The van der Waals surface area contributed by atoms with E-state index in [1.807, 2.05) is 0 Å². The first-order valence-electron chi connectivity index (χ1n) is 11.0. The van der Waals surface area contributed by atoms with Gasteiger partial charge < -0.3 is 18.3 Å². The molecule has 0 N–H and O–H groups in total. The van der Waals surface area contributed by atoms with Crippen molar-refractivity contribution in [1.29, 1.82) is 0 Å². The average molecular weight is 579 g/mol. The van der Waals surface area contributed by atoms with E-state index in [4.69, 9.17) is 18.3 Å². The molecule has 0 radical (unpaired) electrons. The summed E-state index contributed by atoms with van der Waals surface area (Å²) in [4.78, 5) is 0. The van der Waals surface area contributed by atoms with Crippen LogP contribution in [0.1, 0.15) is 47.0 Å². The highest BCUT2D eigenvalue weighted by Gasteiger charge is 2.89. The van der Waals surface area contributed by atoms with Crippen LogP contribution in [0, 0.1) is 0 Å². The second-order valence-electron chi connectivity index (χ2n) is 7.46. The molecular weight excluding hydrogens is 548 g/mol. The van der Waals surface area contributed by atoms with Crippen molar-refractivity contribution in [3.63, 3.8) is 0 Å². The normalized spacial score (nSPS) is 14.8. The highest BCUT2D eigenvalue weighted by Crippen LogP contribution is 2.61. The molecule has 0 saturated heterocycles. The lowest BCUT2D eigenvalue weighted by molar-refractivity contribution is -0.425. The molecule has 0 aliphatic carbocycles. The van der Waals surface area contributed by atoms with E-state index in [1.165, 1.54) is 27.7 Å². The molecular formula is C19H30F12O4Si. The summed E-state index contributed by atoms with van der Waals surface area (Å²) in [6.07, 6.45) is -7.34. The highest BCUT2D eigenvalue weighted by atomic mass is 28.3. The molecule has 0 unspecified atom stereocenters. The topological polar surface area (TPSA) is 36.9 Å². The third-order valence-corrected chi connectivity index (χ3v) is 7.07. The molecule has 0 heterocycles. The van der Waals surface area contributed by atoms with Gasteiger partial charge >= 0.3 is 44.8 Å². The first-order valence-corrected chi connectivity index (χ1v) is 12.7. The molecule has 0 aromatic rings. The summed E-state index contributed by atoms with van der Waals surface area (Å²) < 4.78 is 188. The van der Waals surface area contributed by atoms with Crippen molar-refractivity contribution < 1.29 is 71.0 Å². The van der Waals surface area contributed by atoms with Crippen molar-refractivity contribution in [2.45, 2.75) is 94.8 Å². The Morgan fingerprint density at radius 3 is 1.22 bits per heavy atom. The SMILES string of the molecule is CCOC(CCC(F)(F)C(F)(F)C(F)(F)C(F)(F)C(F)(F)C(F)(F)CC[SiH](OCC)OCC)OCC. The number of halogens is 12. The second-order valence-corrected chi connectivity index (χ2v) is 9.57. The molecule has 0 aliphatic rings. The zero-order valence-electron chi connectivity index (χ0n) is 20.0. The van der Waals surface area contributed by atoms with Gasteiger partial charge in [0.25, 0.3) is 0 Å². The van der Waals surface area contributed by atoms with E-state index in [1.54, 1.807) is 0 Å². The fourth-order valence-corrected chi connectivity index (χ4v) is 4.71. The van der Waals surface area contributed by atoms with Crippen molar-refractivity contribution in [3.8, 4) is 0 Å². The molecule has 4 nitrogen and oxygen atoms in total. The monoisotopic (exact) mass is 578 g/mol. The van der Waals surface area contributed by atoms with Gasteiger partial charge in [-0.3, -0.25) is 0 Å². The molecule has 0 aliphatic heterocycles. The molecule has 0 aromatic carbocycles. The minimum Gasteiger partial charge on any atom is -0.397 e. The van der Waals surface area contributed by atoms with Gasteiger partial charge in [0.05, 0.1) is 0 Å². The fourth-order valence-electron chi connectivity index (χ4n) is 2.94. The van der Waals surface area contributed by atoms with E-state index in [2.05, 4.69) is 0 Å². The maximum Gasteiger partial charge on any atom is 0.384 e. The zero-order chi connectivity index (χ0) is 28.6. The Morgan fingerprint density at radius 1 is 0.528 bits per heavy atom. The maximum atomic E-state index is 14.1. The van der Waals surface area contributed by atoms with Crippen molar-refractivity contribution in [2.24, 2.45) is 0 Å². The molecule has 0 fully saturated rings. The Kier molecular flexibility index (Phi) is 13.0. The van der Waals surface area contributed by atoms with Crippen LogP contribution in [0.15, 0.2) is 0 Å². The number of hydrogen-bond donors (Lipinski definition) is 0. The van der Waals surface area contributed by atoms with Crippen LogP contribution in [-0.4, -0.2) is 77.5 Å². The van der Waals surface area contributed by atoms with Gasteiger partial charge in [0.1, 0.15) is 0 Å². The first-order chi connectivity index (χ1) is 16.2. The van der Waals surface area contributed by atoms with Crippen LogP contribution >= 0.6 is 0 Å². The Labute approximate surface area is 202 Å². The van der Waals surface area contributed by atoms with Gasteiger partial charge in [-0.05, 0) is 33.7 Å². The number of alkyl halides is 12. The van der Waals surface area contributed by atoms with Crippen molar-refractivity contribution in [2.75, 3.05) is 26.4 Å². The summed E-state index contributed by atoms with van der Waals surface area (Å²) >= 11 is 0. The minimum atomic E-state index is -7.60. The Morgan fingerprint density at radius 2 is 0.889 bits per heavy atom. The molecule has 0 rings (SSSR count). The van der Waals surface area contributed by atoms with E-state index in [-0.39, 0.29) is 26.4 Å². The number of ether oxygens (including phenoxy) is 2. The van der Waals surface area contributed by atoms with Gasteiger partial charge in [-0.15, -0.1) is 0 Å². The summed E-state index contributed by atoms with van der Waals surface area (Å²) in [5.41, 5.74) is 0. The van der Waals surface area contributed by atoms with E-state index in [9.17, 15) is 52.7 Å². The van der Waals surface area contributed by atoms with Gasteiger partial charge in [-0.1, -0.05) is 0 Å². The standard InChI is InChI=1S/C19H30F12O4Si/c1-5-32-13(33-6-2)9-10-14(20,21)16(24,25)18(28,29)19(30,31)17(26,27)15(22,23)11-12-36(34-7-3)35-8-4/h13,36H,5-12H2,1-4H3. The first kappa shape index (κ1) is 35.2. The fraction of sp³-hybridized carbons (Fsp3) is 1.00. The van der Waals surface area contributed by atoms with E-state index in [0.717, 1.165) is 0 Å². The lowest BCUT2D eigenvalue weighted by Crippen LogP contribution is -2.70. The molecule has 0 spiro atoms. The molecule has 0 atom stereocenters. The molecule has 17 heteroatoms. The van der Waals surface area contributed by atoms with Crippen molar-refractivity contribution in [3.05, 3.63) is 0 Å². The summed E-state index contributed by atoms with van der Waals surface area (Å²) in [5.74, 6) is -41.6. The Hall–Kier alpha value is -0.783. The van der Waals surface area contributed by atoms with E-state index in [0.29, 0.717) is 0 Å². The van der Waals surface area contributed by atoms with Crippen LogP contribution in [0.3, 0.4) is 0 Å². The van der Waals surface area contributed by atoms with Crippen LogP contribution in [0.2, 0.25) is 6.04 Å². The molecule has 0 amide bonds. The third kappa shape index (κ3) is 7.41. The summed E-state index contributed by atoms with van der Waals surface area (Å²) in [7, 11) is -3.13. The van der Waals surface area contributed by atoms with Gasteiger partial charge in [0, 0.05) is 45.7 Å². The lowest BCUT2D eigenvalue weighted by Gasteiger charge is -2.41. The number of rotatable bonds is 19. The van der Waals surface area contributed by atoms with E-state index >= 15 is 0 Å². The van der Waals surface area contributed by atoms with Gasteiger partial charge in [-0.2, -0.15) is 52.7 Å². The summed E-state index contributed by atoms with van der Waals surface area (Å²) in [6, 6.07) is -1.09.